The zero-order valence-electron chi connectivity index (χ0n) is 16.3. The van der Waals surface area contributed by atoms with Gasteiger partial charge in [0, 0.05) is 17.7 Å². The molecule has 1 aromatic heterocycles. The molecule has 3 aromatic rings. The lowest BCUT2D eigenvalue weighted by molar-refractivity contribution is 0.0527. The van der Waals surface area contributed by atoms with E-state index in [2.05, 4.69) is 29.6 Å². The van der Waals surface area contributed by atoms with Crippen molar-refractivity contribution in [2.75, 3.05) is 6.61 Å². The summed E-state index contributed by atoms with van der Waals surface area (Å²) >= 11 is 0. The standard InChI is InChI=1S/C23H24FNO3/c1-4-27-23(26)20-8-6-5-7-19(20)22-21(24)13-18(28-22)14-25-16(3)17-11-9-15(2)10-12-17/h5-13,16,25H,4,14H2,1-3H3/t16-/m1/s1. The first kappa shape index (κ1) is 19.8. The second-order valence-corrected chi connectivity index (χ2v) is 6.67. The van der Waals surface area contributed by atoms with Gasteiger partial charge in [-0.25, -0.2) is 9.18 Å². The van der Waals surface area contributed by atoms with E-state index in [1.165, 1.54) is 11.6 Å². The fourth-order valence-corrected chi connectivity index (χ4v) is 2.98. The van der Waals surface area contributed by atoms with Crippen LogP contribution in [0.3, 0.4) is 0 Å². The van der Waals surface area contributed by atoms with Crippen LogP contribution in [0.4, 0.5) is 4.39 Å². The number of carbonyl (C=O) groups excluding carboxylic acids is 1. The lowest BCUT2D eigenvalue weighted by atomic mass is 10.1. The summed E-state index contributed by atoms with van der Waals surface area (Å²) in [6, 6.07) is 16.4. The van der Waals surface area contributed by atoms with E-state index < -0.39 is 11.8 Å². The van der Waals surface area contributed by atoms with E-state index in [0.29, 0.717) is 17.9 Å². The first-order valence-corrected chi connectivity index (χ1v) is 9.34. The fraction of sp³-hybridized carbons (Fsp3) is 0.261. The molecule has 1 heterocycles. The minimum Gasteiger partial charge on any atom is -0.462 e. The Bertz CT molecular complexity index is 947. The molecule has 0 aliphatic rings. The molecule has 3 rings (SSSR count). The third-order valence-corrected chi connectivity index (χ3v) is 4.56. The molecule has 5 heteroatoms. The molecule has 0 unspecified atom stereocenters. The van der Waals surface area contributed by atoms with E-state index in [1.54, 1.807) is 31.2 Å². The Kier molecular flexibility index (Phi) is 6.26. The van der Waals surface area contributed by atoms with Crippen molar-refractivity contribution in [3.63, 3.8) is 0 Å². The van der Waals surface area contributed by atoms with Crippen LogP contribution < -0.4 is 5.32 Å². The van der Waals surface area contributed by atoms with Crippen molar-refractivity contribution < 1.29 is 18.3 Å². The van der Waals surface area contributed by atoms with Gasteiger partial charge in [0.1, 0.15) is 5.76 Å². The van der Waals surface area contributed by atoms with E-state index in [-0.39, 0.29) is 24.0 Å². The number of esters is 1. The Hall–Kier alpha value is -2.92. The van der Waals surface area contributed by atoms with Crippen LogP contribution in [0, 0.1) is 12.7 Å². The highest BCUT2D eigenvalue weighted by molar-refractivity contribution is 5.96. The van der Waals surface area contributed by atoms with Gasteiger partial charge in [0.25, 0.3) is 0 Å². The molecule has 28 heavy (non-hydrogen) atoms. The molecule has 1 atom stereocenters. The zero-order chi connectivity index (χ0) is 20.1. The highest BCUT2D eigenvalue weighted by Gasteiger charge is 2.20. The van der Waals surface area contributed by atoms with Crippen LogP contribution in [0.15, 0.2) is 59.0 Å². The number of benzene rings is 2. The molecular formula is C23H24FNO3. The maximum Gasteiger partial charge on any atom is 0.338 e. The predicted molar refractivity (Wildman–Crippen MR) is 106 cm³/mol. The molecule has 0 saturated carbocycles. The molecule has 0 fully saturated rings. The van der Waals surface area contributed by atoms with Crippen molar-refractivity contribution in [1.29, 1.82) is 0 Å². The van der Waals surface area contributed by atoms with E-state index in [0.717, 1.165) is 5.56 Å². The van der Waals surface area contributed by atoms with E-state index >= 15 is 0 Å². The van der Waals surface area contributed by atoms with Gasteiger partial charge in [0.2, 0.25) is 0 Å². The quantitative estimate of drug-likeness (QED) is 0.555. The van der Waals surface area contributed by atoms with E-state index in [9.17, 15) is 9.18 Å². The fourth-order valence-electron chi connectivity index (χ4n) is 2.98. The average Bonchev–Trinajstić information content (AvgIpc) is 3.07. The smallest absolute Gasteiger partial charge is 0.338 e. The van der Waals surface area contributed by atoms with Gasteiger partial charge in [0.05, 0.1) is 18.7 Å². The third kappa shape index (κ3) is 4.49. The lowest BCUT2D eigenvalue weighted by Crippen LogP contribution is -2.17. The summed E-state index contributed by atoms with van der Waals surface area (Å²) in [5.74, 6) is -0.494. The van der Waals surface area contributed by atoms with Crippen LogP contribution in [0.1, 0.15) is 47.1 Å². The number of carbonyl (C=O) groups is 1. The second kappa shape index (κ2) is 8.85. The summed E-state index contributed by atoms with van der Waals surface area (Å²) in [6.45, 7) is 6.44. The molecule has 0 bridgehead atoms. The Morgan fingerprint density at radius 2 is 1.89 bits per heavy atom. The molecule has 4 nitrogen and oxygen atoms in total. The van der Waals surface area contributed by atoms with Crippen molar-refractivity contribution in [3.05, 3.63) is 82.9 Å². The first-order chi connectivity index (χ1) is 13.5. The van der Waals surface area contributed by atoms with E-state index in [1.807, 2.05) is 13.8 Å². The number of rotatable bonds is 7. The van der Waals surface area contributed by atoms with Gasteiger partial charge in [-0.2, -0.15) is 0 Å². The van der Waals surface area contributed by atoms with Gasteiger partial charge in [-0.3, -0.25) is 0 Å². The SMILES string of the molecule is CCOC(=O)c1ccccc1-c1oc(CN[C@H](C)c2ccc(C)cc2)cc1F. The van der Waals surface area contributed by atoms with Gasteiger partial charge in [0.15, 0.2) is 11.6 Å². The minimum atomic E-state index is -0.503. The summed E-state index contributed by atoms with van der Waals surface area (Å²) in [7, 11) is 0. The van der Waals surface area contributed by atoms with E-state index in [4.69, 9.17) is 9.15 Å². The van der Waals surface area contributed by atoms with Crippen molar-refractivity contribution >= 4 is 5.97 Å². The van der Waals surface area contributed by atoms with Crippen molar-refractivity contribution in [1.82, 2.24) is 5.32 Å². The van der Waals surface area contributed by atoms with Gasteiger partial charge in [-0.1, -0.05) is 48.0 Å². The molecule has 0 aliphatic carbocycles. The second-order valence-electron chi connectivity index (χ2n) is 6.67. The number of ether oxygens (including phenoxy) is 1. The number of halogens is 1. The van der Waals surface area contributed by atoms with Crippen LogP contribution in [0.25, 0.3) is 11.3 Å². The highest BCUT2D eigenvalue weighted by Crippen LogP contribution is 2.30. The van der Waals surface area contributed by atoms with Gasteiger partial charge >= 0.3 is 5.97 Å². The van der Waals surface area contributed by atoms with Crippen LogP contribution in [-0.2, 0) is 11.3 Å². The molecule has 0 aliphatic heterocycles. The maximum absolute atomic E-state index is 14.5. The van der Waals surface area contributed by atoms with Gasteiger partial charge < -0.3 is 14.5 Å². The summed E-state index contributed by atoms with van der Waals surface area (Å²) in [5.41, 5.74) is 3.01. The van der Waals surface area contributed by atoms with Gasteiger partial charge in [-0.15, -0.1) is 0 Å². The molecule has 2 aromatic carbocycles. The molecule has 0 amide bonds. The number of hydrogen-bond acceptors (Lipinski definition) is 4. The summed E-state index contributed by atoms with van der Waals surface area (Å²) in [5, 5.41) is 3.33. The number of aryl methyl sites for hydroxylation is 1. The minimum absolute atomic E-state index is 0.0449. The third-order valence-electron chi connectivity index (χ3n) is 4.56. The molecule has 0 saturated heterocycles. The van der Waals surface area contributed by atoms with Crippen LogP contribution in [-0.4, -0.2) is 12.6 Å². The average molecular weight is 381 g/mol. The van der Waals surface area contributed by atoms with Crippen LogP contribution in [0.2, 0.25) is 0 Å². The monoisotopic (exact) mass is 381 g/mol. The maximum atomic E-state index is 14.5. The summed E-state index contributed by atoms with van der Waals surface area (Å²) in [6.07, 6.45) is 0. The first-order valence-electron chi connectivity index (χ1n) is 9.34. The molecule has 0 spiro atoms. The van der Waals surface area contributed by atoms with Crippen molar-refractivity contribution in [2.24, 2.45) is 0 Å². The largest absolute Gasteiger partial charge is 0.462 e. The van der Waals surface area contributed by atoms with Crippen LogP contribution >= 0.6 is 0 Å². The molecular weight excluding hydrogens is 357 g/mol. The topological polar surface area (TPSA) is 51.5 Å². The Morgan fingerprint density at radius 3 is 2.61 bits per heavy atom. The van der Waals surface area contributed by atoms with Gasteiger partial charge in [-0.05, 0) is 32.4 Å². The predicted octanol–water partition coefficient (Wildman–Crippen LogP) is 5.42. The van der Waals surface area contributed by atoms with Crippen LogP contribution in [0.5, 0.6) is 0 Å². The van der Waals surface area contributed by atoms with Crippen molar-refractivity contribution in [3.8, 4) is 11.3 Å². The molecule has 146 valence electrons. The molecule has 0 radical (unpaired) electrons. The Labute approximate surface area is 164 Å². The number of hydrogen-bond donors (Lipinski definition) is 1. The Balaban J connectivity index is 1.77. The number of furan rings is 1. The Morgan fingerprint density at radius 1 is 1.18 bits per heavy atom. The zero-order valence-corrected chi connectivity index (χ0v) is 16.3. The highest BCUT2D eigenvalue weighted by atomic mass is 19.1. The molecule has 1 N–H and O–H groups in total. The number of nitrogens with one attached hydrogen (secondary N) is 1. The normalized spacial score (nSPS) is 12.0. The summed E-state index contributed by atoms with van der Waals surface area (Å²) < 4.78 is 25.3. The lowest BCUT2D eigenvalue weighted by Gasteiger charge is -2.13. The summed E-state index contributed by atoms with van der Waals surface area (Å²) in [4.78, 5) is 12.2. The van der Waals surface area contributed by atoms with Crippen molar-refractivity contribution in [2.45, 2.75) is 33.4 Å².